The Hall–Kier alpha value is -1.30. The largest absolute Gasteiger partial charge is 0.481 e. The molecule has 0 heterocycles. The number of carbonyl (C=O) groups is 2. The van der Waals surface area contributed by atoms with Crippen molar-refractivity contribution in [1.29, 1.82) is 0 Å². The van der Waals surface area contributed by atoms with Gasteiger partial charge in [0.05, 0.1) is 6.42 Å². The number of carboxylic acids is 1. The first-order valence-corrected chi connectivity index (χ1v) is 7.51. The van der Waals surface area contributed by atoms with Gasteiger partial charge in [-0.25, -0.2) is 4.79 Å². The standard InChI is InChI=1S/C15H28N2O4/c1-14(2,7-8-21-3)10-16-13(20)17-11-15(5-4-6-15)9-12(18)19/h4-11H2,1-3H3,(H,18,19)(H2,16,17,20). The molecule has 0 bridgehead atoms. The number of amides is 2. The number of hydrogen-bond acceptors (Lipinski definition) is 3. The van der Waals surface area contributed by atoms with Gasteiger partial charge in [0.15, 0.2) is 0 Å². The maximum Gasteiger partial charge on any atom is 0.314 e. The van der Waals surface area contributed by atoms with Gasteiger partial charge in [0.25, 0.3) is 0 Å². The van der Waals surface area contributed by atoms with Crippen LogP contribution in [0.1, 0.15) is 46.0 Å². The molecule has 21 heavy (non-hydrogen) atoms. The molecule has 1 rings (SSSR count). The molecule has 0 spiro atoms. The third-order valence-electron chi connectivity index (χ3n) is 4.27. The predicted octanol–water partition coefficient (Wildman–Crippen LogP) is 1.99. The smallest absolute Gasteiger partial charge is 0.314 e. The van der Waals surface area contributed by atoms with Gasteiger partial charge in [-0.1, -0.05) is 20.3 Å². The van der Waals surface area contributed by atoms with Crippen LogP contribution in [0.15, 0.2) is 0 Å². The summed E-state index contributed by atoms with van der Waals surface area (Å²) in [7, 11) is 1.66. The highest BCUT2D eigenvalue weighted by molar-refractivity contribution is 5.74. The van der Waals surface area contributed by atoms with E-state index in [-0.39, 0.29) is 23.3 Å². The zero-order valence-electron chi connectivity index (χ0n) is 13.3. The van der Waals surface area contributed by atoms with Gasteiger partial charge in [-0.2, -0.15) is 0 Å². The van der Waals surface area contributed by atoms with Gasteiger partial charge in [-0.3, -0.25) is 4.79 Å². The molecule has 1 aliphatic rings. The quantitative estimate of drug-likeness (QED) is 0.607. The highest BCUT2D eigenvalue weighted by Gasteiger charge is 2.39. The number of rotatable bonds is 9. The van der Waals surface area contributed by atoms with Crippen LogP contribution >= 0.6 is 0 Å². The van der Waals surface area contributed by atoms with E-state index in [0.29, 0.717) is 19.7 Å². The summed E-state index contributed by atoms with van der Waals surface area (Å²) in [5.41, 5.74) is -0.267. The van der Waals surface area contributed by atoms with Crippen molar-refractivity contribution in [1.82, 2.24) is 10.6 Å². The van der Waals surface area contributed by atoms with Gasteiger partial charge >= 0.3 is 12.0 Å². The molecule has 0 radical (unpaired) electrons. The molecule has 0 unspecified atom stereocenters. The minimum atomic E-state index is -0.794. The first kappa shape index (κ1) is 17.8. The molecule has 122 valence electrons. The summed E-state index contributed by atoms with van der Waals surface area (Å²) >= 11 is 0. The predicted molar refractivity (Wildman–Crippen MR) is 80.2 cm³/mol. The topological polar surface area (TPSA) is 87.7 Å². The maximum atomic E-state index is 11.8. The van der Waals surface area contributed by atoms with Crippen molar-refractivity contribution in [3.05, 3.63) is 0 Å². The lowest BCUT2D eigenvalue weighted by atomic mass is 9.66. The third-order valence-corrected chi connectivity index (χ3v) is 4.27. The summed E-state index contributed by atoms with van der Waals surface area (Å²) in [6.45, 7) is 5.81. The Kier molecular flexibility index (Phi) is 6.45. The maximum absolute atomic E-state index is 11.8. The molecule has 6 heteroatoms. The van der Waals surface area contributed by atoms with E-state index in [4.69, 9.17) is 9.84 Å². The van der Waals surface area contributed by atoms with E-state index in [1.54, 1.807) is 7.11 Å². The molecule has 0 aliphatic heterocycles. The zero-order chi connectivity index (χ0) is 15.9. The van der Waals surface area contributed by atoms with Gasteiger partial charge in [0.2, 0.25) is 0 Å². The number of ether oxygens (including phenoxy) is 1. The average Bonchev–Trinajstić information content (AvgIpc) is 2.37. The van der Waals surface area contributed by atoms with Crippen LogP contribution in [-0.4, -0.2) is 43.9 Å². The summed E-state index contributed by atoms with van der Waals surface area (Å²) in [4.78, 5) is 22.7. The Morgan fingerprint density at radius 3 is 2.43 bits per heavy atom. The van der Waals surface area contributed by atoms with Crippen LogP contribution in [0.25, 0.3) is 0 Å². The van der Waals surface area contributed by atoms with Crippen LogP contribution in [0.5, 0.6) is 0 Å². The van der Waals surface area contributed by atoms with Crippen LogP contribution in [0.3, 0.4) is 0 Å². The third kappa shape index (κ3) is 6.33. The molecule has 0 aromatic carbocycles. The van der Waals surface area contributed by atoms with Crippen LogP contribution in [0.4, 0.5) is 4.79 Å². The van der Waals surface area contributed by atoms with Gasteiger partial charge in [-0.05, 0) is 30.1 Å². The fourth-order valence-electron chi connectivity index (χ4n) is 2.53. The molecule has 6 nitrogen and oxygen atoms in total. The van der Waals surface area contributed by atoms with Crippen LogP contribution in [0.2, 0.25) is 0 Å². The van der Waals surface area contributed by atoms with Crippen molar-refractivity contribution in [2.24, 2.45) is 10.8 Å². The van der Waals surface area contributed by atoms with Crippen molar-refractivity contribution < 1.29 is 19.4 Å². The molecule has 0 saturated heterocycles. The minimum Gasteiger partial charge on any atom is -0.481 e. The molecule has 3 N–H and O–H groups in total. The molecular formula is C15H28N2O4. The number of hydrogen-bond donors (Lipinski definition) is 3. The Morgan fingerprint density at radius 2 is 1.95 bits per heavy atom. The Bertz CT molecular complexity index is 365. The van der Waals surface area contributed by atoms with E-state index in [1.807, 2.05) is 0 Å². The first-order valence-electron chi connectivity index (χ1n) is 7.51. The fourth-order valence-corrected chi connectivity index (χ4v) is 2.53. The molecule has 1 aliphatic carbocycles. The van der Waals surface area contributed by atoms with Crippen molar-refractivity contribution in [3.63, 3.8) is 0 Å². The van der Waals surface area contributed by atoms with E-state index in [2.05, 4.69) is 24.5 Å². The second-order valence-electron chi connectivity index (χ2n) is 6.87. The lowest BCUT2D eigenvalue weighted by Crippen LogP contribution is -2.48. The molecule has 1 fully saturated rings. The van der Waals surface area contributed by atoms with E-state index < -0.39 is 5.97 Å². The molecule has 0 atom stereocenters. The van der Waals surface area contributed by atoms with Crippen molar-refractivity contribution >= 4 is 12.0 Å². The Labute approximate surface area is 126 Å². The highest BCUT2D eigenvalue weighted by Crippen LogP contribution is 2.43. The SMILES string of the molecule is COCCC(C)(C)CNC(=O)NCC1(CC(=O)O)CCC1. The molecular weight excluding hydrogens is 272 g/mol. The van der Waals surface area contributed by atoms with E-state index in [1.165, 1.54) is 0 Å². The first-order chi connectivity index (χ1) is 9.79. The van der Waals surface area contributed by atoms with Gasteiger partial charge < -0.3 is 20.5 Å². The number of carboxylic acid groups (broad SMARTS) is 1. The fraction of sp³-hybridized carbons (Fsp3) is 0.867. The number of methoxy groups -OCH3 is 1. The normalized spacial score (nSPS) is 16.9. The second-order valence-corrected chi connectivity index (χ2v) is 6.87. The number of carbonyl (C=O) groups excluding carboxylic acids is 1. The van der Waals surface area contributed by atoms with Crippen LogP contribution in [0, 0.1) is 10.8 Å². The Morgan fingerprint density at radius 1 is 1.29 bits per heavy atom. The van der Waals surface area contributed by atoms with Gasteiger partial charge in [0, 0.05) is 26.8 Å². The number of aliphatic carboxylic acids is 1. The van der Waals surface area contributed by atoms with Crippen LogP contribution < -0.4 is 10.6 Å². The van der Waals surface area contributed by atoms with E-state index in [0.717, 1.165) is 25.7 Å². The molecule has 0 aromatic rings. The summed E-state index contributed by atoms with van der Waals surface area (Å²) < 4.78 is 5.05. The molecule has 0 aromatic heterocycles. The molecule has 1 saturated carbocycles. The van der Waals surface area contributed by atoms with Crippen LogP contribution in [-0.2, 0) is 9.53 Å². The summed E-state index contributed by atoms with van der Waals surface area (Å²) in [6, 6.07) is -0.225. The highest BCUT2D eigenvalue weighted by atomic mass is 16.5. The van der Waals surface area contributed by atoms with Crippen molar-refractivity contribution in [2.75, 3.05) is 26.8 Å². The number of nitrogens with one attached hydrogen (secondary N) is 2. The van der Waals surface area contributed by atoms with E-state index >= 15 is 0 Å². The average molecular weight is 300 g/mol. The van der Waals surface area contributed by atoms with Gasteiger partial charge in [0.1, 0.15) is 0 Å². The summed E-state index contributed by atoms with van der Waals surface area (Å²) in [5.74, 6) is -0.794. The zero-order valence-corrected chi connectivity index (χ0v) is 13.3. The molecule has 2 amide bonds. The monoisotopic (exact) mass is 300 g/mol. The second kappa shape index (κ2) is 7.64. The van der Waals surface area contributed by atoms with E-state index in [9.17, 15) is 9.59 Å². The summed E-state index contributed by atoms with van der Waals surface area (Å²) in [5, 5.41) is 14.6. The van der Waals surface area contributed by atoms with Crippen molar-refractivity contribution in [2.45, 2.75) is 46.0 Å². The number of urea groups is 1. The van der Waals surface area contributed by atoms with Gasteiger partial charge in [-0.15, -0.1) is 0 Å². The lowest BCUT2D eigenvalue weighted by Gasteiger charge is -2.40. The van der Waals surface area contributed by atoms with Crippen molar-refractivity contribution in [3.8, 4) is 0 Å². The summed E-state index contributed by atoms with van der Waals surface area (Å²) in [6.07, 6.45) is 3.79. The minimum absolute atomic E-state index is 0.0252. The Balaban J connectivity index is 2.29. The lowest BCUT2D eigenvalue weighted by molar-refractivity contribution is -0.141.